The second kappa shape index (κ2) is 7.49. The molecule has 0 bridgehead atoms. The van der Waals surface area contributed by atoms with Crippen LogP contribution in [0.15, 0.2) is 0 Å². The van der Waals surface area contributed by atoms with E-state index in [2.05, 4.69) is 0 Å². The normalized spacial score (nSPS) is 10.3. The van der Waals surface area contributed by atoms with Gasteiger partial charge in [-0.1, -0.05) is 0 Å². The van der Waals surface area contributed by atoms with Crippen molar-refractivity contribution in [2.45, 2.75) is 0 Å². The van der Waals surface area contributed by atoms with Crippen LogP contribution in [0.25, 0.3) is 0 Å². The second-order valence-electron chi connectivity index (χ2n) is 1.05. The number of hydrogen-bond acceptors (Lipinski definition) is 8. The van der Waals surface area contributed by atoms with Crippen LogP contribution in [0.4, 0.5) is 0 Å². The van der Waals surface area contributed by atoms with Crippen molar-refractivity contribution in [1.82, 2.24) is 0 Å². The molecule has 78 valence electrons. The van der Waals surface area contributed by atoms with Crippen LogP contribution in [0.2, 0.25) is 0 Å². The van der Waals surface area contributed by atoms with Crippen molar-refractivity contribution in [3.8, 4) is 0 Å². The van der Waals surface area contributed by atoms with Crippen molar-refractivity contribution < 1.29 is 47.2 Å². The predicted octanol–water partition coefficient (Wildman–Crippen LogP) is -3.24. The molecule has 8 N–H and O–H groups in total. The lowest BCUT2D eigenvalue weighted by Crippen LogP contribution is -2.33. The first kappa shape index (κ1) is 17.8. The van der Waals surface area contributed by atoms with Crippen LogP contribution in [0.5, 0.6) is 0 Å². The largest absolute Gasteiger partial charge is 0.668 e. The van der Waals surface area contributed by atoms with E-state index in [0.29, 0.717) is 0 Å². The minimum atomic E-state index is -4.67. The average Bonchev–Trinajstić information content (AvgIpc) is 1.59. The van der Waals surface area contributed by atoms with Gasteiger partial charge in [0.15, 0.2) is 0 Å². The number of hydrogen-bond donors (Lipinski definition) is 8. The third-order valence-electron chi connectivity index (χ3n) is 0. The fraction of sp³-hybridized carbons (Fsp3) is 0. The lowest BCUT2D eigenvalue weighted by Gasteiger charge is -1.91. The summed E-state index contributed by atoms with van der Waals surface area (Å²) in [5.74, 6) is 0. The summed E-state index contributed by atoms with van der Waals surface area (Å²) in [6.07, 6.45) is 0. The van der Waals surface area contributed by atoms with Gasteiger partial charge in [-0.2, -0.15) is 8.42 Å². The molecule has 0 aliphatic rings. The maximum Gasteiger partial charge on any atom is 0.668 e. The Morgan fingerprint density at radius 2 is 0.833 bits per heavy atom. The van der Waals surface area contributed by atoms with E-state index in [1.54, 1.807) is 0 Å². The summed E-state index contributed by atoms with van der Waals surface area (Å²) < 4.78 is 31.6. The van der Waals surface area contributed by atoms with Gasteiger partial charge < -0.3 is 19.2 Å². The summed E-state index contributed by atoms with van der Waals surface area (Å²) >= 11 is 0. The van der Waals surface area contributed by atoms with Gasteiger partial charge in [0, 0.05) is 0 Å². The van der Waals surface area contributed by atoms with E-state index >= 15 is 0 Å². The maximum absolute atomic E-state index is 8.74. The molecular weight excluding hydrogens is 220 g/mol. The first-order valence-corrected chi connectivity index (χ1v) is 4.98. The van der Waals surface area contributed by atoms with Crippen molar-refractivity contribution in [1.29, 1.82) is 0 Å². The van der Waals surface area contributed by atoms with Crippen molar-refractivity contribution >= 4 is 19.4 Å². The Bertz CT molecular complexity index is 145. The molecule has 0 rings (SSSR count). The highest BCUT2D eigenvalue weighted by Crippen LogP contribution is 1.67. The van der Waals surface area contributed by atoms with Gasteiger partial charge in [0.05, 0.1) is 0 Å². The Morgan fingerprint density at radius 3 is 0.833 bits per heavy atom. The van der Waals surface area contributed by atoms with Crippen LogP contribution in [0.3, 0.4) is 0 Å². The SMILES string of the molecule is O=S(=O)(O)O.OO.O[Si](O)(O)O. The topological polar surface area (TPSA) is 196 Å². The molecule has 0 saturated carbocycles. The van der Waals surface area contributed by atoms with E-state index in [1.165, 1.54) is 0 Å². The Hall–Kier alpha value is -0.153. The predicted molar refractivity (Wildman–Crippen MR) is 34.1 cm³/mol. The van der Waals surface area contributed by atoms with Crippen molar-refractivity contribution in [2.75, 3.05) is 0 Å². The molecule has 0 aromatic heterocycles. The van der Waals surface area contributed by atoms with Crippen molar-refractivity contribution in [2.24, 2.45) is 0 Å². The molecule has 0 fully saturated rings. The van der Waals surface area contributed by atoms with Crippen LogP contribution >= 0.6 is 0 Å². The van der Waals surface area contributed by atoms with Gasteiger partial charge in [-0.3, -0.25) is 19.6 Å². The first-order chi connectivity index (χ1) is 5.00. The van der Waals surface area contributed by atoms with E-state index < -0.39 is 19.4 Å². The minimum absolute atomic E-state index is 4.61. The Labute approximate surface area is 67.6 Å². The molecule has 10 nitrogen and oxygen atoms in total. The minimum Gasteiger partial charge on any atom is -0.368 e. The lowest BCUT2D eigenvalue weighted by atomic mass is 15.0. The van der Waals surface area contributed by atoms with E-state index in [4.69, 9.17) is 47.2 Å². The standard InChI is InChI=1S/H2O4S.H4O4Si.H2O2/c2*1-5(2,3)4;1-2/h(H2,1,2,3,4);1-4H;1-2H. The molecule has 0 unspecified atom stereocenters. The van der Waals surface area contributed by atoms with Crippen LogP contribution in [0.1, 0.15) is 0 Å². The average molecular weight is 228 g/mol. The molecular formula is H8O10SSi. The molecule has 12 heteroatoms. The molecule has 0 aromatic rings. The summed E-state index contributed by atoms with van der Waals surface area (Å²) in [6, 6.07) is 0. The summed E-state index contributed by atoms with van der Waals surface area (Å²) in [5, 5.41) is 12.0. The Balaban J connectivity index is -0.000000112. The Morgan fingerprint density at radius 1 is 0.833 bits per heavy atom. The number of rotatable bonds is 0. The summed E-state index contributed by atoms with van der Waals surface area (Å²) in [7, 11) is -9.28. The fourth-order valence-electron chi connectivity index (χ4n) is 0. The summed E-state index contributed by atoms with van der Waals surface area (Å²) in [6.45, 7) is 0. The zero-order valence-corrected chi connectivity index (χ0v) is 7.12. The molecule has 0 aliphatic heterocycles. The van der Waals surface area contributed by atoms with Gasteiger partial charge in [-0.05, 0) is 0 Å². The lowest BCUT2D eigenvalue weighted by molar-refractivity contribution is -0.176. The van der Waals surface area contributed by atoms with Crippen molar-refractivity contribution in [3.05, 3.63) is 0 Å². The quantitative estimate of drug-likeness (QED) is 0.0901. The van der Waals surface area contributed by atoms with Crippen molar-refractivity contribution in [3.63, 3.8) is 0 Å². The highest BCUT2D eigenvalue weighted by Gasteiger charge is 2.22. The molecule has 0 saturated heterocycles. The molecule has 0 amide bonds. The first-order valence-electron chi connectivity index (χ1n) is 1.79. The zero-order chi connectivity index (χ0) is 11.0. The van der Waals surface area contributed by atoms with Crippen LogP contribution in [-0.2, 0) is 10.4 Å². The van der Waals surface area contributed by atoms with Gasteiger partial charge in [-0.25, -0.2) is 0 Å². The molecule has 0 spiro atoms. The van der Waals surface area contributed by atoms with E-state index in [0.717, 1.165) is 0 Å². The van der Waals surface area contributed by atoms with Crippen LogP contribution in [-0.4, -0.2) is 56.3 Å². The molecule has 0 aromatic carbocycles. The second-order valence-corrected chi connectivity index (χ2v) is 3.14. The third-order valence-corrected chi connectivity index (χ3v) is 0. The highest BCUT2D eigenvalue weighted by atomic mass is 32.3. The molecule has 12 heavy (non-hydrogen) atoms. The third kappa shape index (κ3) is 32900. The highest BCUT2D eigenvalue weighted by molar-refractivity contribution is 7.79. The molecule has 0 radical (unpaired) electrons. The van der Waals surface area contributed by atoms with Crippen LogP contribution < -0.4 is 0 Å². The summed E-state index contributed by atoms with van der Waals surface area (Å²) in [4.78, 5) is 29.3. The van der Waals surface area contributed by atoms with E-state index in [-0.39, 0.29) is 0 Å². The molecule has 0 aliphatic carbocycles. The fourth-order valence-corrected chi connectivity index (χ4v) is 0. The monoisotopic (exact) mass is 228 g/mol. The smallest absolute Gasteiger partial charge is 0.368 e. The zero-order valence-electron chi connectivity index (χ0n) is 5.30. The van der Waals surface area contributed by atoms with Gasteiger partial charge >= 0.3 is 19.4 Å². The van der Waals surface area contributed by atoms with Gasteiger partial charge in [0.25, 0.3) is 0 Å². The van der Waals surface area contributed by atoms with E-state index in [1.807, 2.05) is 0 Å². The maximum atomic E-state index is 8.74. The molecule has 0 heterocycles. The molecule has 0 atom stereocenters. The van der Waals surface area contributed by atoms with Crippen LogP contribution in [0, 0.1) is 0 Å². The Kier molecular flexibility index (Phi) is 11.1. The van der Waals surface area contributed by atoms with Gasteiger partial charge in [0.1, 0.15) is 0 Å². The van der Waals surface area contributed by atoms with E-state index in [9.17, 15) is 0 Å². The summed E-state index contributed by atoms with van der Waals surface area (Å²) in [5.41, 5.74) is 0. The van der Waals surface area contributed by atoms with Gasteiger partial charge in [0.2, 0.25) is 0 Å². The van der Waals surface area contributed by atoms with Gasteiger partial charge in [-0.15, -0.1) is 0 Å².